The first-order valence-corrected chi connectivity index (χ1v) is 5.80. The summed E-state index contributed by atoms with van der Waals surface area (Å²) in [6.07, 6.45) is 5.84. The summed E-state index contributed by atoms with van der Waals surface area (Å²) in [6.45, 7) is 2.90. The Morgan fingerprint density at radius 2 is 2.28 bits per heavy atom. The van der Waals surface area contributed by atoms with E-state index < -0.39 is 0 Å². The maximum absolute atomic E-state index is 11.9. The van der Waals surface area contributed by atoms with Crippen molar-refractivity contribution in [1.29, 1.82) is 0 Å². The van der Waals surface area contributed by atoms with E-state index in [1.165, 1.54) is 0 Å². The maximum Gasteiger partial charge on any atom is 0.258 e. The molecular formula is C12H15N5O. The number of aromatic nitrogens is 3. The first-order chi connectivity index (χ1) is 8.79. The van der Waals surface area contributed by atoms with Crippen LogP contribution in [-0.4, -0.2) is 27.4 Å². The van der Waals surface area contributed by atoms with Gasteiger partial charge in [0.25, 0.3) is 5.91 Å². The molecule has 6 nitrogen and oxygen atoms in total. The molecule has 2 aromatic heterocycles. The molecule has 2 aromatic rings. The first kappa shape index (κ1) is 12.1. The van der Waals surface area contributed by atoms with Gasteiger partial charge in [-0.3, -0.25) is 10.1 Å². The Labute approximate surface area is 105 Å². The van der Waals surface area contributed by atoms with Crippen molar-refractivity contribution < 1.29 is 4.79 Å². The number of hydrogen-bond donors (Lipinski definition) is 3. The topological polar surface area (TPSA) is 82.7 Å². The number of rotatable bonds is 5. The predicted molar refractivity (Wildman–Crippen MR) is 69.6 cm³/mol. The van der Waals surface area contributed by atoms with Crippen molar-refractivity contribution >= 4 is 17.7 Å². The zero-order valence-corrected chi connectivity index (χ0v) is 10.1. The summed E-state index contributed by atoms with van der Waals surface area (Å²) in [6, 6.07) is 3.38. The molecule has 0 atom stereocenters. The Kier molecular flexibility index (Phi) is 3.90. The Hall–Kier alpha value is -2.37. The van der Waals surface area contributed by atoms with Gasteiger partial charge in [-0.1, -0.05) is 6.92 Å². The molecule has 2 rings (SSSR count). The van der Waals surface area contributed by atoms with Crippen LogP contribution in [0, 0.1) is 0 Å². The SMILES string of the molecule is CCCNc1cc(C(=O)Nc2ncc[nH]2)ccn1. The van der Waals surface area contributed by atoms with Crippen LogP contribution in [0.25, 0.3) is 0 Å². The summed E-state index contributed by atoms with van der Waals surface area (Å²) in [7, 11) is 0. The highest BCUT2D eigenvalue weighted by Crippen LogP contribution is 2.08. The number of nitrogens with one attached hydrogen (secondary N) is 3. The molecule has 0 saturated carbocycles. The first-order valence-electron chi connectivity index (χ1n) is 5.80. The van der Waals surface area contributed by atoms with Crippen molar-refractivity contribution in [1.82, 2.24) is 15.0 Å². The molecule has 0 unspecified atom stereocenters. The second kappa shape index (κ2) is 5.81. The van der Waals surface area contributed by atoms with Gasteiger partial charge in [-0.2, -0.15) is 0 Å². The van der Waals surface area contributed by atoms with Crippen LogP contribution in [0.3, 0.4) is 0 Å². The van der Waals surface area contributed by atoms with E-state index in [1.807, 2.05) is 0 Å². The molecule has 0 bridgehead atoms. The minimum absolute atomic E-state index is 0.216. The average Bonchev–Trinajstić information content (AvgIpc) is 2.89. The second-order valence-electron chi connectivity index (χ2n) is 3.75. The van der Waals surface area contributed by atoms with Gasteiger partial charge in [0.2, 0.25) is 5.95 Å². The van der Waals surface area contributed by atoms with Gasteiger partial charge in [0, 0.05) is 30.7 Å². The molecule has 6 heteroatoms. The fourth-order valence-electron chi connectivity index (χ4n) is 1.43. The van der Waals surface area contributed by atoms with Crippen LogP contribution >= 0.6 is 0 Å². The molecule has 0 radical (unpaired) electrons. The number of pyridine rings is 1. The van der Waals surface area contributed by atoms with Crippen molar-refractivity contribution in [2.45, 2.75) is 13.3 Å². The largest absolute Gasteiger partial charge is 0.370 e. The zero-order valence-electron chi connectivity index (χ0n) is 10.1. The lowest BCUT2D eigenvalue weighted by atomic mass is 10.2. The summed E-state index contributed by atoms with van der Waals surface area (Å²) in [5.41, 5.74) is 0.542. The van der Waals surface area contributed by atoms with Crippen molar-refractivity contribution in [3.63, 3.8) is 0 Å². The maximum atomic E-state index is 11.9. The van der Waals surface area contributed by atoms with E-state index in [0.29, 0.717) is 17.3 Å². The molecule has 0 spiro atoms. The molecule has 0 fully saturated rings. The van der Waals surface area contributed by atoms with E-state index in [2.05, 4.69) is 32.5 Å². The van der Waals surface area contributed by atoms with Gasteiger partial charge < -0.3 is 10.3 Å². The number of aromatic amines is 1. The summed E-state index contributed by atoms with van der Waals surface area (Å²) < 4.78 is 0. The molecule has 0 aliphatic heterocycles. The van der Waals surface area contributed by atoms with E-state index >= 15 is 0 Å². The van der Waals surface area contributed by atoms with Gasteiger partial charge in [-0.15, -0.1) is 0 Å². The van der Waals surface area contributed by atoms with Crippen molar-refractivity contribution in [3.8, 4) is 0 Å². The summed E-state index contributed by atoms with van der Waals surface area (Å²) >= 11 is 0. The Bertz CT molecular complexity index is 509. The van der Waals surface area contributed by atoms with Gasteiger partial charge in [0.1, 0.15) is 5.82 Å². The lowest BCUT2D eigenvalue weighted by Crippen LogP contribution is -2.13. The molecular weight excluding hydrogens is 230 g/mol. The highest BCUT2D eigenvalue weighted by atomic mass is 16.1. The summed E-state index contributed by atoms with van der Waals surface area (Å²) in [4.78, 5) is 22.8. The Morgan fingerprint density at radius 3 is 3.00 bits per heavy atom. The van der Waals surface area contributed by atoms with Crippen molar-refractivity contribution in [2.75, 3.05) is 17.2 Å². The quantitative estimate of drug-likeness (QED) is 0.751. The molecule has 94 valence electrons. The zero-order chi connectivity index (χ0) is 12.8. The van der Waals surface area contributed by atoms with Crippen LogP contribution in [0.4, 0.5) is 11.8 Å². The van der Waals surface area contributed by atoms with Gasteiger partial charge in [0.05, 0.1) is 0 Å². The number of anilines is 2. The Morgan fingerprint density at radius 1 is 1.39 bits per heavy atom. The summed E-state index contributed by atoms with van der Waals surface area (Å²) in [5, 5.41) is 5.79. The fourth-order valence-corrected chi connectivity index (χ4v) is 1.43. The van der Waals surface area contributed by atoms with Crippen LogP contribution in [0.2, 0.25) is 0 Å². The average molecular weight is 245 g/mol. The van der Waals surface area contributed by atoms with E-state index in [-0.39, 0.29) is 5.91 Å². The molecule has 2 heterocycles. The molecule has 1 amide bonds. The molecule has 0 aromatic carbocycles. The highest BCUT2D eigenvalue weighted by Gasteiger charge is 2.08. The van der Waals surface area contributed by atoms with Crippen LogP contribution in [0.15, 0.2) is 30.7 Å². The van der Waals surface area contributed by atoms with Crippen LogP contribution < -0.4 is 10.6 Å². The lowest BCUT2D eigenvalue weighted by molar-refractivity contribution is 0.102. The second-order valence-corrected chi connectivity index (χ2v) is 3.75. The third-order valence-corrected chi connectivity index (χ3v) is 2.31. The van der Waals surface area contributed by atoms with Gasteiger partial charge >= 0.3 is 0 Å². The van der Waals surface area contributed by atoms with E-state index in [0.717, 1.165) is 13.0 Å². The van der Waals surface area contributed by atoms with Gasteiger partial charge in [-0.25, -0.2) is 9.97 Å². The van der Waals surface area contributed by atoms with Crippen molar-refractivity contribution in [2.24, 2.45) is 0 Å². The summed E-state index contributed by atoms with van der Waals surface area (Å²) in [5.74, 6) is 0.913. The van der Waals surface area contributed by atoms with E-state index in [1.54, 1.807) is 30.7 Å². The molecule has 3 N–H and O–H groups in total. The van der Waals surface area contributed by atoms with E-state index in [9.17, 15) is 4.79 Å². The fraction of sp³-hybridized carbons (Fsp3) is 0.250. The van der Waals surface area contributed by atoms with Crippen LogP contribution in [-0.2, 0) is 0 Å². The van der Waals surface area contributed by atoms with Gasteiger partial charge in [-0.05, 0) is 18.6 Å². The monoisotopic (exact) mass is 245 g/mol. The number of amides is 1. The number of carbonyl (C=O) groups excluding carboxylic acids is 1. The smallest absolute Gasteiger partial charge is 0.258 e. The number of carbonyl (C=O) groups is 1. The number of imidazole rings is 1. The predicted octanol–water partition coefficient (Wildman–Crippen LogP) is 1.88. The molecule has 0 aliphatic carbocycles. The minimum Gasteiger partial charge on any atom is -0.370 e. The molecule has 0 aliphatic rings. The molecule has 0 saturated heterocycles. The number of H-pyrrole nitrogens is 1. The normalized spacial score (nSPS) is 10.1. The standard InChI is InChI=1S/C12H15N5O/c1-2-4-13-10-8-9(3-5-14-10)11(18)17-12-15-6-7-16-12/h3,5-8H,2,4H2,1H3,(H,13,14)(H2,15,16,17,18). The number of hydrogen-bond acceptors (Lipinski definition) is 4. The third kappa shape index (κ3) is 3.07. The lowest BCUT2D eigenvalue weighted by Gasteiger charge is -2.06. The van der Waals surface area contributed by atoms with E-state index in [4.69, 9.17) is 0 Å². The van der Waals surface area contributed by atoms with Crippen LogP contribution in [0.1, 0.15) is 23.7 Å². The van der Waals surface area contributed by atoms with Crippen LogP contribution in [0.5, 0.6) is 0 Å². The Balaban J connectivity index is 2.05. The number of nitrogens with zero attached hydrogens (tertiary/aromatic N) is 2. The molecule has 18 heavy (non-hydrogen) atoms. The third-order valence-electron chi connectivity index (χ3n) is 2.31. The van der Waals surface area contributed by atoms with Crippen molar-refractivity contribution in [3.05, 3.63) is 36.3 Å². The highest BCUT2D eigenvalue weighted by molar-refractivity contribution is 6.03. The minimum atomic E-state index is -0.216. The van der Waals surface area contributed by atoms with Gasteiger partial charge in [0.15, 0.2) is 0 Å².